The normalized spacial score (nSPS) is 17.4. The first-order valence-corrected chi connectivity index (χ1v) is 11.6. The van der Waals surface area contributed by atoms with Crippen LogP contribution in [-0.2, 0) is 22.2 Å². The van der Waals surface area contributed by atoms with Crippen LogP contribution in [0.15, 0.2) is 42.5 Å². The van der Waals surface area contributed by atoms with E-state index < -0.39 is 22.7 Å². The lowest BCUT2D eigenvalue weighted by Gasteiger charge is -2.36. The van der Waals surface area contributed by atoms with Crippen LogP contribution in [-0.4, -0.2) is 67.4 Å². The standard InChI is InChI=1S/C24H26ClF3N4O2/c25-20-8-7-18(14-19(20)24(26,27)28)29-22(33)15-30-10-12-31(13-11-30)16-23(34)32-9-3-5-17-4-1-2-6-21(17)32/h1-2,4,6-8,14H,3,5,9-13,15-16H2,(H,29,33). The van der Waals surface area contributed by atoms with E-state index in [2.05, 4.69) is 16.3 Å². The van der Waals surface area contributed by atoms with E-state index in [1.165, 1.54) is 11.6 Å². The average Bonchev–Trinajstić information content (AvgIpc) is 2.80. The molecule has 0 bridgehead atoms. The summed E-state index contributed by atoms with van der Waals surface area (Å²) in [4.78, 5) is 31.2. The summed E-state index contributed by atoms with van der Waals surface area (Å²) in [5.74, 6) is -0.327. The van der Waals surface area contributed by atoms with Crippen LogP contribution in [0.3, 0.4) is 0 Å². The number of anilines is 2. The molecule has 0 saturated carbocycles. The topological polar surface area (TPSA) is 55.9 Å². The van der Waals surface area contributed by atoms with Crippen molar-refractivity contribution in [3.8, 4) is 0 Å². The molecule has 182 valence electrons. The number of amides is 2. The van der Waals surface area contributed by atoms with Gasteiger partial charge in [0.15, 0.2) is 0 Å². The van der Waals surface area contributed by atoms with Gasteiger partial charge in [0.2, 0.25) is 11.8 Å². The second kappa shape index (κ2) is 10.3. The number of piperazine rings is 1. The molecular weight excluding hydrogens is 469 g/mol. The molecular formula is C24H26ClF3N4O2. The summed E-state index contributed by atoms with van der Waals surface area (Å²) in [5, 5.41) is 2.10. The van der Waals surface area contributed by atoms with Crippen molar-refractivity contribution < 1.29 is 22.8 Å². The van der Waals surface area contributed by atoms with Gasteiger partial charge in [-0.25, -0.2) is 0 Å². The highest BCUT2D eigenvalue weighted by Gasteiger charge is 2.33. The Labute approximate surface area is 201 Å². The van der Waals surface area contributed by atoms with Crippen LogP contribution >= 0.6 is 11.6 Å². The van der Waals surface area contributed by atoms with Crippen LogP contribution in [0.5, 0.6) is 0 Å². The van der Waals surface area contributed by atoms with Crippen molar-refractivity contribution in [3.63, 3.8) is 0 Å². The van der Waals surface area contributed by atoms with Gasteiger partial charge in [0, 0.05) is 44.1 Å². The van der Waals surface area contributed by atoms with E-state index in [0.717, 1.165) is 37.2 Å². The summed E-state index contributed by atoms with van der Waals surface area (Å²) in [7, 11) is 0. The Morgan fingerprint density at radius 2 is 1.62 bits per heavy atom. The molecule has 2 amide bonds. The number of fused-ring (bicyclic) bond motifs is 1. The van der Waals surface area contributed by atoms with E-state index in [0.29, 0.717) is 32.7 Å². The van der Waals surface area contributed by atoms with Gasteiger partial charge >= 0.3 is 6.18 Å². The number of benzene rings is 2. The minimum Gasteiger partial charge on any atom is -0.325 e. The Kier molecular flexibility index (Phi) is 7.45. The van der Waals surface area contributed by atoms with Crippen LogP contribution in [0.25, 0.3) is 0 Å². The van der Waals surface area contributed by atoms with E-state index in [-0.39, 0.29) is 18.1 Å². The summed E-state index contributed by atoms with van der Waals surface area (Å²) in [5.41, 5.74) is 1.25. The molecule has 1 fully saturated rings. The van der Waals surface area contributed by atoms with Crippen molar-refractivity contribution in [1.29, 1.82) is 0 Å². The van der Waals surface area contributed by atoms with Crippen molar-refractivity contribution in [3.05, 3.63) is 58.6 Å². The Morgan fingerprint density at radius 3 is 2.32 bits per heavy atom. The van der Waals surface area contributed by atoms with Crippen LogP contribution < -0.4 is 10.2 Å². The highest BCUT2D eigenvalue weighted by Crippen LogP contribution is 2.36. The summed E-state index contributed by atoms with van der Waals surface area (Å²) >= 11 is 5.62. The summed E-state index contributed by atoms with van der Waals surface area (Å²) in [6.07, 6.45) is -2.67. The molecule has 6 nitrogen and oxygen atoms in total. The number of nitrogens with zero attached hydrogens (tertiary/aromatic N) is 3. The lowest BCUT2D eigenvalue weighted by atomic mass is 10.0. The van der Waals surface area contributed by atoms with Gasteiger partial charge < -0.3 is 10.2 Å². The number of hydrogen-bond donors (Lipinski definition) is 1. The monoisotopic (exact) mass is 494 g/mol. The smallest absolute Gasteiger partial charge is 0.325 e. The first-order chi connectivity index (χ1) is 16.2. The molecule has 0 unspecified atom stereocenters. The predicted octanol–water partition coefficient (Wildman–Crippen LogP) is 3.89. The molecule has 0 spiro atoms. The van der Waals surface area contributed by atoms with Gasteiger partial charge in [0.1, 0.15) is 0 Å². The molecule has 34 heavy (non-hydrogen) atoms. The number of aryl methyl sites for hydroxylation is 1. The van der Waals surface area contributed by atoms with Gasteiger partial charge in [0.05, 0.1) is 23.7 Å². The average molecular weight is 495 g/mol. The van der Waals surface area contributed by atoms with E-state index >= 15 is 0 Å². The molecule has 2 aromatic rings. The van der Waals surface area contributed by atoms with Crippen LogP contribution in [0.4, 0.5) is 24.5 Å². The highest BCUT2D eigenvalue weighted by molar-refractivity contribution is 6.31. The number of rotatable bonds is 5. The van der Waals surface area contributed by atoms with E-state index in [9.17, 15) is 22.8 Å². The largest absolute Gasteiger partial charge is 0.417 e. The van der Waals surface area contributed by atoms with Gasteiger partial charge in [0.25, 0.3) is 0 Å². The zero-order valence-electron chi connectivity index (χ0n) is 18.6. The first-order valence-electron chi connectivity index (χ1n) is 11.2. The molecule has 2 aliphatic rings. The highest BCUT2D eigenvalue weighted by atomic mass is 35.5. The van der Waals surface area contributed by atoms with Crippen molar-refractivity contribution in [2.75, 3.05) is 56.0 Å². The fourth-order valence-electron chi connectivity index (χ4n) is 4.40. The lowest BCUT2D eigenvalue weighted by molar-refractivity contribution is -0.137. The van der Waals surface area contributed by atoms with Crippen molar-refractivity contribution >= 4 is 34.8 Å². The maximum Gasteiger partial charge on any atom is 0.417 e. The molecule has 4 rings (SSSR count). The van der Waals surface area contributed by atoms with Crippen molar-refractivity contribution in [2.45, 2.75) is 19.0 Å². The van der Waals surface area contributed by atoms with E-state index in [4.69, 9.17) is 11.6 Å². The van der Waals surface area contributed by atoms with E-state index in [1.807, 2.05) is 28.0 Å². The zero-order chi connectivity index (χ0) is 24.3. The van der Waals surface area contributed by atoms with Gasteiger partial charge in [-0.15, -0.1) is 0 Å². The zero-order valence-corrected chi connectivity index (χ0v) is 19.3. The third-order valence-electron chi connectivity index (χ3n) is 6.16. The molecule has 1 N–H and O–H groups in total. The van der Waals surface area contributed by atoms with E-state index in [1.54, 1.807) is 0 Å². The number of para-hydroxylation sites is 1. The Bertz CT molecular complexity index is 1050. The minimum atomic E-state index is -4.60. The maximum atomic E-state index is 13.0. The summed E-state index contributed by atoms with van der Waals surface area (Å²) in [6.45, 7) is 3.54. The molecule has 2 aliphatic heterocycles. The van der Waals surface area contributed by atoms with Crippen molar-refractivity contribution in [1.82, 2.24) is 9.80 Å². The number of alkyl halides is 3. The van der Waals surface area contributed by atoms with Gasteiger partial charge in [-0.2, -0.15) is 13.2 Å². The SMILES string of the molecule is O=C(CN1CCN(CC(=O)N2CCCc3ccccc32)CC1)Nc1ccc(Cl)c(C(F)(F)F)c1. The number of carbonyl (C=O) groups excluding carboxylic acids is 2. The van der Waals surface area contributed by atoms with Gasteiger partial charge in [-0.05, 0) is 42.7 Å². The number of carbonyl (C=O) groups is 2. The van der Waals surface area contributed by atoms with Crippen LogP contribution in [0.1, 0.15) is 17.5 Å². The Hall–Kier alpha value is -2.62. The summed E-state index contributed by atoms with van der Waals surface area (Å²) in [6, 6.07) is 11.3. The maximum absolute atomic E-state index is 13.0. The third kappa shape index (κ3) is 5.89. The summed E-state index contributed by atoms with van der Waals surface area (Å²) < 4.78 is 39.1. The second-order valence-corrected chi connectivity index (χ2v) is 8.98. The quantitative estimate of drug-likeness (QED) is 0.685. The predicted molar refractivity (Wildman–Crippen MR) is 125 cm³/mol. The van der Waals surface area contributed by atoms with Crippen LogP contribution in [0, 0.1) is 0 Å². The number of halogens is 4. The lowest BCUT2D eigenvalue weighted by Crippen LogP contribution is -2.52. The molecule has 0 atom stereocenters. The van der Waals surface area contributed by atoms with Gasteiger partial charge in [-0.3, -0.25) is 19.4 Å². The Morgan fingerprint density at radius 1 is 0.941 bits per heavy atom. The molecule has 0 aliphatic carbocycles. The fourth-order valence-corrected chi connectivity index (χ4v) is 4.62. The number of nitrogens with one attached hydrogen (secondary N) is 1. The minimum absolute atomic E-state index is 0.0489. The third-order valence-corrected chi connectivity index (χ3v) is 6.49. The first kappa shape index (κ1) is 24.5. The van der Waals surface area contributed by atoms with Gasteiger partial charge in [-0.1, -0.05) is 29.8 Å². The van der Waals surface area contributed by atoms with Crippen molar-refractivity contribution in [2.24, 2.45) is 0 Å². The number of hydrogen-bond acceptors (Lipinski definition) is 4. The van der Waals surface area contributed by atoms with Crippen LogP contribution in [0.2, 0.25) is 5.02 Å². The molecule has 0 radical (unpaired) electrons. The molecule has 0 aromatic heterocycles. The molecule has 1 saturated heterocycles. The second-order valence-electron chi connectivity index (χ2n) is 8.57. The molecule has 2 aromatic carbocycles. The fraction of sp³-hybridized carbons (Fsp3) is 0.417. The molecule has 2 heterocycles. The molecule has 10 heteroatoms. The Balaban J connectivity index is 1.25.